The lowest BCUT2D eigenvalue weighted by atomic mass is 10.0. The highest BCUT2D eigenvalue weighted by molar-refractivity contribution is 5.39. The van der Waals surface area contributed by atoms with Gasteiger partial charge in [0, 0.05) is 24.2 Å². The lowest BCUT2D eigenvalue weighted by Crippen LogP contribution is -2.30. The zero-order valence-electron chi connectivity index (χ0n) is 14.1. The number of phenolic OH excluding ortho intramolecular Hbond substituents is 1. The predicted octanol–water partition coefficient (Wildman–Crippen LogP) is 3.49. The maximum absolute atomic E-state index is 10.5. The zero-order chi connectivity index (χ0) is 16.9. The fraction of sp³-hybridized carbons (Fsp3) is 0.400. The smallest absolute Gasteiger partial charge is 0.123 e. The Balaban J connectivity index is 1.65. The van der Waals surface area contributed by atoms with Gasteiger partial charge >= 0.3 is 0 Å². The second-order valence-corrected chi connectivity index (χ2v) is 6.42. The van der Waals surface area contributed by atoms with Crippen molar-refractivity contribution in [1.82, 2.24) is 4.90 Å². The third-order valence-electron chi connectivity index (χ3n) is 4.84. The van der Waals surface area contributed by atoms with Crippen LogP contribution in [0.4, 0.5) is 0 Å². The van der Waals surface area contributed by atoms with E-state index in [9.17, 15) is 10.2 Å². The molecule has 0 aromatic heterocycles. The van der Waals surface area contributed by atoms with Gasteiger partial charge in [-0.05, 0) is 37.4 Å². The fourth-order valence-corrected chi connectivity index (χ4v) is 3.46. The highest BCUT2D eigenvalue weighted by atomic mass is 16.5. The van der Waals surface area contributed by atoms with Crippen molar-refractivity contribution in [3.63, 3.8) is 0 Å². The Morgan fingerprint density at radius 2 is 2.00 bits per heavy atom. The van der Waals surface area contributed by atoms with Crippen LogP contribution in [0.15, 0.2) is 48.5 Å². The van der Waals surface area contributed by atoms with Gasteiger partial charge in [-0.1, -0.05) is 36.4 Å². The van der Waals surface area contributed by atoms with Crippen molar-refractivity contribution in [1.29, 1.82) is 0 Å². The SMILES string of the molecule is COc1ccc(CN2CCCC2CC(O)c2ccccc2)c(O)c1. The minimum Gasteiger partial charge on any atom is -0.507 e. The summed E-state index contributed by atoms with van der Waals surface area (Å²) >= 11 is 0. The molecule has 0 spiro atoms. The van der Waals surface area contributed by atoms with Crippen molar-refractivity contribution in [2.75, 3.05) is 13.7 Å². The molecule has 1 saturated heterocycles. The van der Waals surface area contributed by atoms with E-state index >= 15 is 0 Å². The van der Waals surface area contributed by atoms with Crippen molar-refractivity contribution < 1.29 is 14.9 Å². The Morgan fingerprint density at radius 3 is 2.71 bits per heavy atom. The van der Waals surface area contributed by atoms with Gasteiger partial charge < -0.3 is 14.9 Å². The number of aliphatic hydroxyl groups is 1. The number of hydrogen-bond donors (Lipinski definition) is 2. The number of hydrogen-bond acceptors (Lipinski definition) is 4. The molecule has 0 bridgehead atoms. The van der Waals surface area contributed by atoms with E-state index in [1.807, 2.05) is 42.5 Å². The molecule has 128 valence electrons. The van der Waals surface area contributed by atoms with Gasteiger partial charge in [-0.3, -0.25) is 4.90 Å². The number of aromatic hydroxyl groups is 1. The van der Waals surface area contributed by atoms with Gasteiger partial charge in [-0.2, -0.15) is 0 Å². The number of methoxy groups -OCH3 is 1. The van der Waals surface area contributed by atoms with Crippen molar-refractivity contribution >= 4 is 0 Å². The van der Waals surface area contributed by atoms with E-state index in [-0.39, 0.29) is 5.75 Å². The topological polar surface area (TPSA) is 52.9 Å². The zero-order valence-corrected chi connectivity index (χ0v) is 14.1. The van der Waals surface area contributed by atoms with E-state index < -0.39 is 6.10 Å². The average Bonchev–Trinajstić information content (AvgIpc) is 3.04. The lowest BCUT2D eigenvalue weighted by Gasteiger charge is -2.27. The lowest BCUT2D eigenvalue weighted by molar-refractivity contribution is 0.117. The maximum Gasteiger partial charge on any atom is 0.123 e. The first-order chi connectivity index (χ1) is 11.7. The first-order valence-corrected chi connectivity index (χ1v) is 8.50. The molecule has 1 aliphatic heterocycles. The molecular formula is C20H25NO3. The van der Waals surface area contributed by atoms with Crippen LogP contribution in [0.3, 0.4) is 0 Å². The van der Waals surface area contributed by atoms with Gasteiger partial charge in [0.15, 0.2) is 0 Å². The number of phenols is 1. The summed E-state index contributed by atoms with van der Waals surface area (Å²) in [5.41, 5.74) is 1.87. The van der Waals surface area contributed by atoms with Crippen molar-refractivity contribution in [3.8, 4) is 11.5 Å². The van der Waals surface area contributed by atoms with E-state index in [0.717, 1.165) is 36.9 Å². The number of aliphatic hydroxyl groups excluding tert-OH is 1. The monoisotopic (exact) mass is 327 g/mol. The molecule has 0 amide bonds. The molecule has 2 N–H and O–H groups in total. The van der Waals surface area contributed by atoms with Crippen LogP contribution >= 0.6 is 0 Å². The van der Waals surface area contributed by atoms with Crippen molar-refractivity contribution in [2.45, 2.75) is 38.0 Å². The molecule has 0 saturated carbocycles. The molecule has 24 heavy (non-hydrogen) atoms. The number of nitrogens with zero attached hydrogens (tertiary/aromatic N) is 1. The van der Waals surface area contributed by atoms with Crippen molar-refractivity contribution in [2.24, 2.45) is 0 Å². The molecule has 2 aromatic rings. The second-order valence-electron chi connectivity index (χ2n) is 6.42. The van der Waals surface area contributed by atoms with Gasteiger partial charge in [-0.15, -0.1) is 0 Å². The van der Waals surface area contributed by atoms with Gasteiger partial charge in [0.25, 0.3) is 0 Å². The summed E-state index contributed by atoms with van der Waals surface area (Å²) in [6.45, 7) is 1.69. The Labute approximate surface area is 143 Å². The minimum atomic E-state index is -0.443. The molecule has 0 aliphatic carbocycles. The van der Waals surface area contributed by atoms with Crippen LogP contribution < -0.4 is 4.74 Å². The Hall–Kier alpha value is -2.04. The number of ether oxygens (including phenoxy) is 1. The van der Waals surface area contributed by atoms with Crippen LogP contribution in [0.1, 0.15) is 36.5 Å². The second kappa shape index (κ2) is 7.69. The molecule has 4 heteroatoms. The summed E-state index contributed by atoms with van der Waals surface area (Å²) < 4.78 is 5.14. The van der Waals surface area contributed by atoms with Gasteiger partial charge in [0.1, 0.15) is 11.5 Å². The Morgan fingerprint density at radius 1 is 1.21 bits per heavy atom. The molecule has 2 aromatic carbocycles. The molecule has 2 unspecified atom stereocenters. The highest BCUT2D eigenvalue weighted by Crippen LogP contribution is 2.31. The van der Waals surface area contributed by atoms with Crippen molar-refractivity contribution in [3.05, 3.63) is 59.7 Å². The van der Waals surface area contributed by atoms with Crippen LogP contribution in [-0.4, -0.2) is 34.8 Å². The maximum atomic E-state index is 10.5. The normalized spacial score (nSPS) is 19.3. The van der Waals surface area contributed by atoms with Crippen LogP contribution in [0.5, 0.6) is 11.5 Å². The molecular weight excluding hydrogens is 302 g/mol. The standard InChI is InChI=1S/C20H25NO3/c1-24-18-10-9-16(20(23)13-18)14-21-11-5-8-17(21)12-19(22)15-6-3-2-4-7-15/h2-4,6-7,9-10,13,17,19,22-23H,5,8,11-12,14H2,1H3. The fourth-order valence-electron chi connectivity index (χ4n) is 3.46. The quantitative estimate of drug-likeness (QED) is 0.853. The average molecular weight is 327 g/mol. The third kappa shape index (κ3) is 3.89. The largest absolute Gasteiger partial charge is 0.507 e. The summed E-state index contributed by atoms with van der Waals surface area (Å²) in [7, 11) is 1.59. The first-order valence-electron chi connectivity index (χ1n) is 8.50. The molecule has 1 aliphatic rings. The third-order valence-corrected chi connectivity index (χ3v) is 4.84. The summed E-state index contributed by atoms with van der Waals surface area (Å²) in [4.78, 5) is 2.35. The highest BCUT2D eigenvalue weighted by Gasteiger charge is 2.27. The summed E-state index contributed by atoms with van der Waals surface area (Å²) in [5, 5.41) is 20.7. The number of likely N-dealkylation sites (tertiary alicyclic amines) is 1. The molecule has 1 fully saturated rings. The molecule has 0 radical (unpaired) electrons. The van der Waals surface area contributed by atoms with E-state index in [4.69, 9.17) is 4.74 Å². The van der Waals surface area contributed by atoms with Crippen LogP contribution in [0, 0.1) is 0 Å². The van der Waals surface area contributed by atoms with E-state index in [0.29, 0.717) is 18.3 Å². The summed E-state index contributed by atoms with van der Waals surface area (Å²) in [6, 6.07) is 15.6. The molecule has 4 nitrogen and oxygen atoms in total. The van der Waals surface area contributed by atoms with Gasteiger partial charge in [-0.25, -0.2) is 0 Å². The van der Waals surface area contributed by atoms with Gasteiger partial charge in [0.05, 0.1) is 13.2 Å². The van der Waals surface area contributed by atoms with E-state index in [2.05, 4.69) is 4.90 Å². The Bertz CT molecular complexity index is 659. The molecule has 3 rings (SSSR count). The first kappa shape index (κ1) is 16.8. The minimum absolute atomic E-state index is 0.267. The molecule has 2 atom stereocenters. The predicted molar refractivity (Wildman–Crippen MR) is 94.1 cm³/mol. The molecule has 1 heterocycles. The van der Waals surface area contributed by atoms with Crippen LogP contribution in [-0.2, 0) is 6.54 Å². The number of rotatable bonds is 6. The van der Waals surface area contributed by atoms with E-state index in [1.165, 1.54) is 0 Å². The van der Waals surface area contributed by atoms with Crippen LogP contribution in [0.2, 0.25) is 0 Å². The Kier molecular flexibility index (Phi) is 5.38. The summed E-state index contributed by atoms with van der Waals surface area (Å²) in [6.07, 6.45) is 2.49. The van der Waals surface area contributed by atoms with E-state index in [1.54, 1.807) is 13.2 Å². The summed E-state index contributed by atoms with van der Waals surface area (Å²) in [5.74, 6) is 0.928. The number of benzene rings is 2. The van der Waals surface area contributed by atoms with Crippen LogP contribution in [0.25, 0.3) is 0 Å². The van der Waals surface area contributed by atoms with Gasteiger partial charge in [0.2, 0.25) is 0 Å².